The summed E-state index contributed by atoms with van der Waals surface area (Å²) in [5.74, 6) is 0.666. The normalized spacial score (nSPS) is 18.2. The number of carbonyl (C=O) groups excluding carboxylic acids is 2. The van der Waals surface area contributed by atoms with E-state index >= 15 is 0 Å². The lowest BCUT2D eigenvalue weighted by molar-refractivity contribution is -0.126. The molecule has 2 heterocycles. The predicted molar refractivity (Wildman–Crippen MR) is 177 cm³/mol. The van der Waals surface area contributed by atoms with Crippen LogP contribution in [0.25, 0.3) is 16.6 Å². The molecule has 1 aliphatic heterocycles. The highest BCUT2D eigenvalue weighted by atomic mass is 16.5. The van der Waals surface area contributed by atoms with Crippen molar-refractivity contribution in [3.63, 3.8) is 0 Å². The lowest BCUT2D eigenvalue weighted by Crippen LogP contribution is -2.32. The number of fused-ring (bicyclic) bond motifs is 1. The van der Waals surface area contributed by atoms with Crippen molar-refractivity contribution >= 4 is 34.2 Å². The summed E-state index contributed by atoms with van der Waals surface area (Å²) in [7, 11) is 3.94. The minimum absolute atomic E-state index is 0.0892. The quantitative estimate of drug-likeness (QED) is 0.147. The van der Waals surface area contributed by atoms with Crippen molar-refractivity contribution < 1.29 is 29.3 Å². The van der Waals surface area contributed by atoms with Crippen molar-refractivity contribution in [2.45, 2.75) is 44.6 Å². The van der Waals surface area contributed by atoms with E-state index in [2.05, 4.69) is 23.3 Å². The summed E-state index contributed by atoms with van der Waals surface area (Å²) in [6.07, 6.45) is 5.22. The summed E-state index contributed by atoms with van der Waals surface area (Å²) >= 11 is 0. The zero-order valence-corrected chi connectivity index (χ0v) is 26.5. The van der Waals surface area contributed by atoms with E-state index in [1.807, 2.05) is 67.5 Å². The van der Waals surface area contributed by atoms with Crippen LogP contribution in [0.2, 0.25) is 0 Å². The van der Waals surface area contributed by atoms with Crippen molar-refractivity contribution in [1.29, 1.82) is 0 Å². The van der Waals surface area contributed by atoms with Crippen molar-refractivity contribution in [2.24, 2.45) is 0 Å². The number of benzene rings is 2. The second-order valence-corrected chi connectivity index (χ2v) is 11.7. The molecule has 2 aliphatic rings. The average molecular weight is 630 g/mol. The van der Waals surface area contributed by atoms with Gasteiger partial charge in [0.25, 0.3) is 5.91 Å². The molecule has 2 atom stereocenters. The number of aliphatic hydroxyl groups excluding tert-OH is 2. The number of hydrogen-bond acceptors (Lipinski definition) is 9. The molecule has 0 unspecified atom stereocenters. The van der Waals surface area contributed by atoms with E-state index in [0.717, 1.165) is 36.1 Å². The Labute approximate surface area is 269 Å². The average Bonchev–Trinajstić information content (AvgIpc) is 3.57. The first-order valence-corrected chi connectivity index (χ1v) is 15.7. The number of nitrogens with zero attached hydrogens (tertiary/aromatic N) is 3. The molecule has 11 nitrogen and oxygen atoms in total. The number of allylic oxidation sites excluding steroid dienone is 2. The van der Waals surface area contributed by atoms with E-state index in [-0.39, 0.29) is 30.5 Å². The fraction of sp³-hybridized carbons (Fsp3) is 0.400. The smallest absolute Gasteiger partial charge is 0.251 e. The number of rotatable bonds is 15. The van der Waals surface area contributed by atoms with Gasteiger partial charge in [0.1, 0.15) is 11.9 Å². The zero-order chi connectivity index (χ0) is 32.6. The Balaban J connectivity index is 1.41. The monoisotopic (exact) mass is 629 g/mol. The molecule has 5 rings (SSSR count). The lowest BCUT2D eigenvalue weighted by Gasteiger charge is -2.21. The summed E-state index contributed by atoms with van der Waals surface area (Å²) < 4.78 is 13.9. The van der Waals surface area contributed by atoms with Crippen LogP contribution in [-0.2, 0) is 20.9 Å². The van der Waals surface area contributed by atoms with Gasteiger partial charge >= 0.3 is 0 Å². The van der Waals surface area contributed by atoms with E-state index in [1.165, 1.54) is 0 Å². The van der Waals surface area contributed by atoms with E-state index < -0.39 is 12.3 Å². The number of unbranched alkanes of at least 4 members (excludes halogenated alkanes) is 1. The molecule has 1 fully saturated rings. The fourth-order valence-corrected chi connectivity index (χ4v) is 5.58. The van der Waals surface area contributed by atoms with Crippen LogP contribution in [0.15, 0.2) is 72.3 Å². The molecule has 244 valence electrons. The lowest BCUT2D eigenvalue weighted by atomic mass is 9.90. The van der Waals surface area contributed by atoms with Crippen molar-refractivity contribution in [3.8, 4) is 5.75 Å². The van der Waals surface area contributed by atoms with Crippen LogP contribution < -0.4 is 15.4 Å². The first-order chi connectivity index (χ1) is 22.3. The molecule has 46 heavy (non-hydrogen) atoms. The molecule has 1 aromatic heterocycles. The third-order valence-corrected chi connectivity index (χ3v) is 8.06. The van der Waals surface area contributed by atoms with Gasteiger partial charge in [-0.15, -0.1) is 0 Å². The Morgan fingerprint density at radius 3 is 2.72 bits per heavy atom. The number of aliphatic hydroxyl groups is 2. The Hall–Kier alpha value is -4.29. The molecule has 1 aliphatic carbocycles. The van der Waals surface area contributed by atoms with Gasteiger partial charge in [0.2, 0.25) is 18.0 Å². The van der Waals surface area contributed by atoms with Crippen LogP contribution in [-0.4, -0.2) is 89.5 Å². The number of Topliss-reactive ketones (excluding diaryl/α,β-unsaturated/α-hetero) is 1. The van der Waals surface area contributed by atoms with Gasteiger partial charge in [0.15, 0.2) is 0 Å². The van der Waals surface area contributed by atoms with Crippen LogP contribution in [0.3, 0.4) is 0 Å². The Bertz CT molecular complexity index is 1640. The van der Waals surface area contributed by atoms with Gasteiger partial charge < -0.3 is 35.2 Å². The molecule has 0 saturated carbocycles. The summed E-state index contributed by atoms with van der Waals surface area (Å²) in [6.45, 7) is 5.64. The number of carbonyl (C=O) groups is 2. The van der Waals surface area contributed by atoms with Crippen LogP contribution in [0, 0.1) is 0 Å². The minimum Gasteiger partial charge on any atom is -0.493 e. The van der Waals surface area contributed by atoms with E-state index in [9.17, 15) is 19.8 Å². The van der Waals surface area contributed by atoms with Gasteiger partial charge in [-0.1, -0.05) is 43.0 Å². The predicted octanol–water partition coefficient (Wildman–Crippen LogP) is 3.60. The molecule has 11 heteroatoms. The van der Waals surface area contributed by atoms with Crippen LogP contribution in [0.4, 0.5) is 5.95 Å². The molecule has 0 radical (unpaired) electrons. The van der Waals surface area contributed by atoms with Crippen LogP contribution >= 0.6 is 0 Å². The van der Waals surface area contributed by atoms with Crippen molar-refractivity contribution in [1.82, 2.24) is 19.8 Å². The number of aromatic nitrogens is 2. The van der Waals surface area contributed by atoms with Crippen LogP contribution in [0.1, 0.15) is 43.0 Å². The standard InChI is InChI=1S/C35H43N5O6/c1-23-31(22-42)46-34(32(23)43)40-29-13-7-6-12-28(29)38-35(40)37-21-24-14-15-26(30(20-24)45-19-9-8-18-41)25-10-4-5-11-27(25)33(44)36-16-17-39(2)3/h6-7,10-15,20,31,34,41-42H,1,4-5,8-9,16-19,21-22H2,2-3H3,(H,36,44)(H,37,38)/t31-,34-/m1/s1. The Morgan fingerprint density at radius 2 is 1.96 bits per heavy atom. The summed E-state index contributed by atoms with van der Waals surface area (Å²) in [4.78, 5) is 33.1. The first-order valence-electron chi connectivity index (χ1n) is 15.7. The maximum atomic E-state index is 13.2. The van der Waals surface area contributed by atoms with Gasteiger partial charge in [0, 0.05) is 43.0 Å². The number of ether oxygens (including phenoxy) is 2. The topological polar surface area (TPSA) is 138 Å². The Morgan fingerprint density at radius 1 is 1.15 bits per heavy atom. The summed E-state index contributed by atoms with van der Waals surface area (Å²) in [6, 6.07) is 13.4. The molecule has 3 aromatic rings. The third-order valence-electron chi connectivity index (χ3n) is 8.06. The zero-order valence-electron chi connectivity index (χ0n) is 26.5. The highest BCUT2D eigenvalue weighted by Gasteiger charge is 2.40. The second-order valence-electron chi connectivity index (χ2n) is 11.7. The summed E-state index contributed by atoms with van der Waals surface area (Å²) in [5.41, 5.74) is 4.82. The van der Waals surface area contributed by atoms with E-state index in [0.29, 0.717) is 60.8 Å². The number of hydrogen-bond donors (Lipinski definition) is 4. The highest BCUT2D eigenvalue weighted by Crippen LogP contribution is 2.37. The van der Waals surface area contributed by atoms with Crippen LogP contribution in [0.5, 0.6) is 5.75 Å². The second kappa shape index (κ2) is 15.3. The van der Waals surface area contributed by atoms with E-state index in [1.54, 1.807) is 4.57 Å². The third kappa shape index (κ3) is 7.39. The molecule has 2 aromatic carbocycles. The van der Waals surface area contributed by atoms with Gasteiger partial charge in [-0.05, 0) is 69.1 Å². The van der Waals surface area contributed by atoms with E-state index in [4.69, 9.17) is 14.5 Å². The maximum absolute atomic E-state index is 13.2. The van der Waals surface area contributed by atoms with Gasteiger partial charge in [-0.2, -0.15) is 0 Å². The molecular weight excluding hydrogens is 586 g/mol. The maximum Gasteiger partial charge on any atom is 0.251 e. The minimum atomic E-state index is -1.00. The number of nitrogens with one attached hydrogen (secondary N) is 2. The van der Waals surface area contributed by atoms with Gasteiger partial charge in [-0.3, -0.25) is 14.2 Å². The summed E-state index contributed by atoms with van der Waals surface area (Å²) in [5, 5.41) is 25.4. The highest BCUT2D eigenvalue weighted by molar-refractivity contribution is 6.10. The number of amides is 1. The molecule has 4 N–H and O–H groups in total. The number of likely N-dealkylation sites (N-methyl/N-ethyl adjacent to an activating group) is 1. The molecule has 0 spiro atoms. The number of ketones is 1. The van der Waals surface area contributed by atoms with Gasteiger partial charge in [0.05, 0.1) is 24.2 Å². The number of imidazole rings is 1. The number of anilines is 1. The molecule has 1 amide bonds. The Kier molecular flexibility index (Phi) is 11.0. The first kappa shape index (κ1) is 33.1. The molecule has 0 bridgehead atoms. The molecule has 1 saturated heterocycles. The van der Waals surface area contributed by atoms with Crippen molar-refractivity contribution in [2.75, 3.05) is 52.3 Å². The number of para-hydroxylation sites is 2. The molecular formula is C35H43N5O6. The SMILES string of the molecule is C=C1C(=O)[C@H](n2c(NCc3ccc(C4=CCCC=C4C(=O)NCCN(C)C)c(OCCCCO)c3)nc3ccccc32)O[C@@H]1CO. The largest absolute Gasteiger partial charge is 0.493 e. The van der Waals surface area contributed by atoms with Crippen molar-refractivity contribution in [3.05, 3.63) is 83.5 Å². The fourth-order valence-electron chi connectivity index (χ4n) is 5.58. The van der Waals surface area contributed by atoms with Gasteiger partial charge in [-0.25, -0.2) is 4.98 Å².